The minimum Gasteiger partial charge on any atom is -0.361 e. The largest absolute Gasteiger partial charge is 0.361 e. The van der Waals surface area contributed by atoms with Crippen LogP contribution < -0.4 is 5.32 Å². The fourth-order valence-corrected chi connectivity index (χ4v) is 4.89. The third-order valence-electron chi connectivity index (χ3n) is 5.45. The zero-order chi connectivity index (χ0) is 20.2. The molecule has 4 heterocycles. The Morgan fingerprint density at radius 3 is 3.00 bits per heavy atom. The lowest BCUT2D eigenvalue weighted by molar-refractivity contribution is 0.0952. The highest BCUT2D eigenvalue weighted by molar-refractivity contribution is 7.10. The number of pyridine rings is 1. The lowest BCUT2D eigenvalue weighted by Gasteiger charge is -2.27. The van der Waals surface area contributed by atoms with Crippen LogP contribution in [0.1, 0.15) is 49.9 Å². The second-order valence-electron chi connectivity index (χ2n) is 7.50. The van der Waals surface area contributed by atoms with Crippen molar-refractivity contribution in [2.75, 3.05) is 13.1 Å². The molecule has 3 aromatic rings. The van der Waals surface area contributed by atoms with Crippen LogP contribution in [0.4, 0.5) is 0 Å². The van der Waals surface area contributed by atoms with Gasteiger partial charge in [0.2, 0.25) is 0 Å². The van der Waals surface area contributed by atoms with Gasteiger partial charge in [0, 0.05) is 53.9 Å². The molecule has 0 radical (unpaired) electrons. The molecule has 7 heteroatoms. The van der Waals surface area contributed by atoms with Crippen LogP contribution >= 0.6 is 11.3 Å². The summed E-state index contributed by atoms with van der Waals surface area (Å²) in [5.41, 5.74) is 5.27. The van der Waals surface area contributed by atoms with Crippen molar-refractivity contribution in [2.45, 2.75) is 46.2 Å². The average molecular weight is 411 g/mol. The number of amides is 1. The monoisotopic (exact) mass is 410 g/mol. The van der Waals surface area contributed by atoms with Gasteiger partial charge in [-0.25, -0.2) is 0 Å². The first-order valence-corrected chi connectivity index (χ1v) is 10.9. The average Bonchev–Trinajstić information content (AvgIpc) is 3.30. The molecule has 4 rings (SSSR count). The molecular formula is C22H26N4O2S. The number of aromatic nitrogens is 2. The molecule has 0 unspecified atom stereocenters. The minimum absolute atomic E-state index is 0.0442. The molecule has 29 heavy (non-hydrogen) atoms. The summed E-state index contributed by atoms with van der Waals surface area (Å²) in [6.45, 7) is 7.27. The van der Waals surface area contributed by atoms with Crippen LogP contribution in [0.3, 0.4) is 0 Å². The van der Waals surface area contributed by atoms with E-state index in [9.17, 15) is 4.79 Å². The normalized spacial score (nSPS) is 14.0. The molecule has 6 nitrogen and oxygen atoms in total. The Morgan fingerprint density at radius 1 is 1.34 bits per heavy atom. The van der Waals surface area contributed by atoms with E-state index < -0.39 is 0 Å². The van der Waals surface area contributed by atoms with E-state index in [1.54, 1.807) is 17.5 Å². The van der Waals surface area contributed by atoms with Gasteiger partial charge < -0.3 is 9.84 Å². The Morgan fingerprint density at radius 2 is 2.24 bits per heavy atom. The van der Waals surface area contributed by atoms with Crippen LogP contribution in [0.5, 0.6) is 0 Å². The number of thiophene rings is 1. The number of carbonyl (C=O) groups is 1. The highest BCUT2D eigenvalue weighted by Gasteiger charge is 2.25. The van der Waals surface area contributed by atoms with Crippen molar-refractivity contribution < 1.29 is 9.32 Å². The van der Waals surface area contributed by atoms with Crippen LogP contribution in [0.15, 0.2) is 34.3 Å². The third kappa shape index (κ3) is 4.57. The number of nitrogens with zero attached hydrogens (tertiary/aromatic N) is 3. The summed E-state index contributed by atoms with van der Waals surface area (Å²) in [4.78, 5) is 20.7. The molecule has 0 saturated heterocycles. The molecule has 0 aliphatic carbocycles. The number of aryl methyl sites for hydroxylation is 3. The first-order chi connectivity index (χ1) is 14.1. The molecule has 0 bridgehead atoms. The predicted octanol–water partition coefficient (Wildman–Crippen LogP) is 3.67. The van der Waals surface area contributed by atoms with Crippen molar-refractivity contribution in [1.82, 2.24) is 20.4 Å². The Labute approximate surface area is 174 Å². The Hall–Kier alpha value is -2.51. The standard InChI is InChI=1S/C22H26N4O2S/c1-15-19(16(2)28-25-15)12-26-11-8-18-20(14-29-21(18)13-26)22(27)24-10-5-7-17-6-3-4-9-23-17/h3-4,6,9,14H,5,7-8,10-13H2,1-2H3,(H,24,27). The first kappa shape index (κ1) is 19.8. The van der Waals surface area contributed by atoms with Crippen molar-refractivity contribution in [1.29, 1.82) is 0 Å². The van der Waals surface area contributed by atoms with E-state index in [2.05, 4.69) is 20.4 Å². The lowest BCUT2D eigenvalue weighted by Crippen LogP contribution is -2.31. The van der Waals surface area contributed by atoms with Gasteiger partial charge in [-0.1, -0.05) is 11.2 Å². The Bertz CT molecular complexity index is 961. The molecule has 0 atom stereocenters. The summed E-state index contributed by atoms with van der Waals surface area (Å²) in [5, 5.41) is 9.14. The molecule has 0 spiro atoms. The summed E-state index contributed by atoms with van der Waals surface area (Å²) in [5.74, 6) is 0.938. The van der Waals surface area contributed by atoms with E-state index in [4.69, 9.17) is 4.52 Å². The second kappa shape index (κ2) is 8.88. The number of nitrogens with one attached hydrogen (secondary N) is 1. The minimum atomic E-state index is 0.0442. The van der Waals surface area contributed by atoms with E-state index in [1.807, 2.05) is 37.4 Å². The van der Waals surface area contributed by atoms with Crippen LogP contribution in [0, 0.1) is 13.8 Å². The van der Waals surface area contributed by atoms with E-state index in [-0.39, 0.29) is 5.91 Å². The van der Waals surface area contributed by atoms with Gasteiger partial charge in [0.1, 0.15) is 5.76 Å². The molecule has 1 N–H and O–H groups in total. The van der Waals surface area contributed by atoms with Gasteiger partial charge in [-0.05, 0) is 50.8 Å². The zero-order valence-corrected chi connectivity index (χ0v) is 17.7. The molecule has 0 fully saturated rings. The van der Waals surface area contributed by atoms with Crippen molar-refractivity contribution in [2.24, 2.45) is 0 Å². The molecule has 0 saturated carbocycles. The quantitative estimate of drug-likeness (QED) is 0.602. The number of carbonyl (C=O) groups excluding carboxylic acids is 1. The van der Waals surface area contributed by atoms with E-state index in [0.29, 0.717) is 6.54 Å². The van der Waals surface area contributed by atoms with Gasteiger partial charge in [0.25, 0.3) is 5.91 Å². The number of fused-ring (bicyclic) bond motifs is 1. The number of rotatable bonds is 7. The van der Waals surface area contributed by atoms with Crippen LogP contribution in [-0.4, -0.2) is 34.0 Å². The summed E-state index contributed by atoms with van der Waals surface area (Å²) < 4.78 is 5.29. The van der Waals surface area contributed by atoms with E-state index in [0.717, 1.165) is 61.6 Å². The number of hydrogen-bond acceptors (Lipinski definition) is 6. The highest BCUT2D eigenvalue weighted by Crippen LogP contribution is 2.30. The maximum Gasteiger partial charge on any atom is 0.252 e. The molecule has 1 aliphatic heterocycles. The Kier molecular flexibility index (Phi) is 6.06. The van der Waals surface area contributed by atoms with Gasteiger partial charge in [-0.2, -0.15) is 0 Å². The summed E-state index contributed by atoms with van der Waals surface area (Å²) in [6.07, 6.45) is 4.47. The van der Waals surface area contributed by atoms with Gasteiger partial charge in [-0.3, -0.25) is 14.7 Å². The van der Waals surface area contributed by atoms with Crippen molar-refractivity contribution in [3.63, 3.8) is 0 Å². The smallest absolute Gasteiger partial charge is 0.252 e. The van der Waals surface area contributed by atoms with Gasteiger partial charge in [0.15, 0.2) is 0 Å². The SMILES string of the molecule is Cc1noc(C)c1CN1CCc2c(C(=O)NCCCc3ccccn3)csc2C1. The van der Waals surface area contributed by atoms with E-state index >= 15 is 0 Å². The van der Waals surface area contributed by atoms with Gasteiger partial charge in [-0.15, -0.1) is 11.3 Å². The van der Waals surface area contributed by atoms with Crippen molar-refractivity contribution >= 4 is 17.2 Å². The lowest BCUT2D eigenvalue weighted by atomic mass is 10.0. The highest BCUT2D eigenvalue weighted by atomic mass is 32.1. The molecule has 1 aliphatic rings. The van der Waals surface area contributed by atoms with E-state index in [1.165, 1.54) is 16.0 Å². The van der Waals surface area contributed by atoms with Crippen LogP contribution in [0.2, 0.25) is 0 Å². The third-order valence-corrected chi connectivity index (χ3v) is 6.47. The molecule has 152 valence electrons. The summed E-state index contributed by atoms with van der Waals surface area (Å²) in [6, 6.07) is 5.93. The first-order valence-electron chi connectivity index (χ1n) is 10.0. The molecule has 3 aromatic heterocycles. The summed E-state index contributed by atoms with van der Waals surface area (Å²) in [7, 11) is 0. The second-order valence-corrected chi connectivity index (χ2v) is 8.46. The molecule has 0 aromatic carbocycles. The zero-order valence-electron chi connectivity index (χ0n) is 16.9. The maximum atomic E-state index is 12.7. The molecular weight excluding hydrogens is 384 g/mol. The van der Waals surface area contributed by atoms with Crippen LogP contribution in [0.25, 0.3) is 0 Å². The van der Waals surface area contributed by atoms with Gasteiger partial charge >= 0.3 is 0 Å². The maximum absolute atomic E-state index is 12.7. The fourth-order valence-electron chi connectivity index (χ4n) is 3.77. The topological polar surface area (TPSA) is 71.3 Å². The predicted molar refractivity (Wildman–Crippen MR) is 113 cm³/mol. The summed E-state index contributed by atoms with van der Waals surface area (Å²) >= 11 is 1.69. The number of hydrogen-bond donors (Lipinski definition) is 1. The molecule has 1 amide bonds. The van der Waals surface area contributed by atoms with Gasteiger partial charge in [0.05, 0.1) is 11.3 Å². The fraction of sp³-hybridized carbons (Fsp3) is 0.409. The van der Waals surface area contributed by atoms with Crippen molar-refractivity contribution in [3.05, 3.63) is 68.5 Å². The van der Waals surface area contributed by atoms with Crippen LogP contribution in [-0.2, 0) is 25.9 Å². The Balaban J connectivity index is 1.31. The van der Waals surface area contributed by atoms with Crippen molar-refractivity contribution in [3.8, 4) is 0 Å².